The van der Waals surface area contributed by atoms with E-state index >= 15 is 0 Å². The fourth-order valence-electron chi connectivity index (χ4n) is 2.07. The summed E-state index contributed by atoms with van der Waals surface area (Å²) in [6.07, 6.45) is 2.80. The Morgan fingerprint density at radius 3 is 2.87 bits per heavy atom. The molecule has 86 valence electrons. The summed E-state index contributed by atoms with van der Waals surface area (Å²) in [4.78, 5) is 9.16. The predicted octanol–water partition coefficient (Wildman–Crippen LogP) is 0.362. The zero-order valence-corrected chi connectivity index (χ0v) is 9.87. The number of guanidine groups is 1. The molecule has 0 spiro atoms. The van der Waals surface area contributed by atoms with E-state index in [9.17, 15) is 0 Å². The predicted molar refractivity (Wildman–Crippen MR) is 63.2 cm³/mol. The lowest BCUT2D eigenvalue weighted by Gasteiger charge is -2.21. The van der Waals surface area contributed by atoms with Gasteiger partial charge in [-0.1, -0.05) is 6.92 Å². The van der Waals surface area contributed by atoms with E-state index in [2.05, 4.69) is 34.1 Å². The molecular formula is C11H22N4. The lowest BCUT2D eigenvalue weighted by Crippen LogP contribution is -2.40. The molecule has 15 heavy (non-hydrogen) atoms. The fraction of sp³-hybridized carbons (Fsp3) is 0.909. The zero-order valence-electron chi connectivity index (χ0n) is 9.87. The van der Waals surface area contributed by atoms with Crippen LogP contribution in [0, 0.1) is 0 Å². The summed E-state index contributed by atoms with van der Waals surface area (Å²) in [5.41, 5.74) is 0. The molecule has 1 heterocycles. The Bertz CT molecular complexity index is 235. The van der Waals surface area contributed by atoms with Crippen LogP contribution < -0.4 is 5.32 Å². The molecule has 4 nitrogen and oxygen atoms in total. The summed E-state index contributed by atoms with van der Waals surface area (Å²) in [6, 6.07) is 0.875. The number of nitrogens with one attached hydrogen (secondary N) is 1. The van der Waals surface area contributed by atoms with Gasteiger partial charge in [-0.05, 0) is 19.4 Å². The van der Waals surface area contributed by atoms with Gasteiger partial charge in [0.25, 0.3) is 0 Å². The van der Waals surface area contributed by atoms with E-state index in [4.69, 9.17) is 0 Å². The van der Waals surface area contributed by atoms with E-state index in [-0.39, 0.29) is 0 Å². The maximum atomic E-state index is 4.41. The molecule has 1 saturated carbocycles. The average molecular weight is 210 g/mol. The minimum atomic E-state index is 0.875. The lowest BCUT2D eigenvalue weighted by atomic mass is 10.4. The molecule has 1 N–H and O–H groups in total. The monoisotopic (exact) mass is 210 g/mol. The van der Waals surface area contributed by atoms with Crippen LogP contribution in [0.3, 0.4) is 0 Å². The molecule has 1 fully saturated rings. The molecule has 0 aromatic heterocycles. The molecule has 0 aromatic carbocycles. The van der Waals surface area contributed by atoms with Crippen LogP contribution in [0.2, 0.25) is 0 Å². The Morgan fingerprint density at radius 2 is 2.33 bits per heavy atom. The first-order valence-electron chi connectivity index (χ1n) is 6.04. The van der Waals surface area contributed by atoms with Gasteiger partial charge in [-0.2, -0.15) is 0 Å². The van der Waals surface area contributed by atoms with Crippen LogP contribution in [0.1, 0.15) is 19.8 Å². The summed E-state index contributed by atoms with van der Waals surface area (Å²) >= 11 is 0. The lowest BCUT2D eigenvalue weighted by molar-refractivity contribution is 0.281. The highest BCUT2D eigenvalue weighted by atomic mass is 15.3. The second kappa shape index (κ2) is 4.84. The van der Waals surface area contributed by atoms with Crippen molar-refractivity contribution in [3.63, 3.8) is 0 Å². The van der Waals surface area contributed by atoms with Crippen molar-refractivity contribution < 1.29 is 0 Å². The van der Waals surface area contributed by atoms with E-state index in [1.807, 2.05) is 0 Å². The molecule has 0 amide bonds. The van der Waals surface area contributed by atoms with Gasteiger partial charge < -0.3 is 10.2 Å². The molecule has 1 aliphatic heterocycles. The third-order valence-corrected chi connectivity index (χ3v) is 3.21. The van der Waals surface area contributed by atoms with Gasteiger partial charge in [0.05, 0.1) is 6.54 Å². The van der Waals surface area contributed by atoms with Crippen molar-refractivity contribution in [2.24, 2.45) is 4.99 Å². The minimum absolute atomic E-state index is 0.875. The van der Waals surface area contributed by atoms with Crippen LogP contribution in [0.5, 0.6) is 0 Å². The maximum absolute atomic E-state index is 4.41. The number of likely N-dealkylation sites (N-methyl/N-ethyl adjacent to an activating group) is 2. The van der Waals surface area contributed by atoms with Crippen molar-refractivity contribution in [1.82, 2.24) is 15.1 Å². The number of hydrogen-bond acceptors (Lipinski definition) is 4. The van der Waals surface area contributed by atoms with E-state index < -0.39 is 0 Å². The van der Waals surface area contributed by atoms with Crippen molar-refractivity contribution in [1.29, 1.82) is 0 Å². The van der Waals surface area contributed by atoms with Crippen molar-refractivity contribution >= 4 is 5.96 Å². The third kappa shape index (κ3) is 2.84. The molecule has 0 bridgehead atoms. The Balaban J connectivity index is 1.65. The first-order chi connectivity index (χ1) is 7.31. The van der Waals surface area contributed by atoms with Crippen LogP contribution in [0.15, 0.2) is 4.99 Å². The van der Waals surface area contributed by atoms with Gasteiger partial charge >= 0.3 is 0 Å². The van der Waals surface area contributed by atoms with Crippen LogP contribution >= 0.6 is 0 Å². The quantitative estimate of drug-likeness (QED) is 0.711. The second-order valence-corrected chi connectivity index (χ2v) is 4.41. The van der Waals surface area contributed by atoms with Crippen molar-refractivity contribution in [2.75, 3.05) is 39.8 Å². The molecular weight excluding hydrogens is 188 g/mol. The molecule has 0 unspecified atom stereocenters. The Hall–Kier alpha value is -0.770. The molecule has 4 heteroatoms. The number of aliphatic imine (C=N–C) groups is 1. The Kier molecular flexibility index (Phi) is 3.46. The smallest absolute Gasteiger partial charge is 0.193 e. The third-order valence-electron chi connectivity index (χ3n) is 3.21. The summed E-state index contributed by atoms with van der Waals surface area (Å²) in [6.45, 7) is 7.59. The number of rotatable bonds is 5. The van der Waals surface area contributed by atoms with Crippen molar-refractivity contribution in [3.8, 4) is 0 Å². The fourth-order valence-corrected chi connectivity index (χ4v) is 2.07. The van der Waals surface area contributed by atoms with E-state index in [1.54, 1.807) is 0 Å². The van der Waals surface area contributed by atoms with Crippen molar-refractivity contribution in [2.45, 2.75) is 25.8 Å². The van der Waals surface area contributed by atoms with Crippen molar-refractivity contribution in [3.05, 3.63) is 0 Å². The van der Waals surface area contributed by atoms with Crippen LogP contribution in [-0.2, 0) is 0 Å². The van der Waals surface area contributed by atoms with E-state index in [1.165, 1.54) is 19.4 Å². The minimum Gasteiger partial charge on any atom is -0.355 e. The standard InChI is InChI=1S/C11H22N4/c1-3-15(10-4-5-10)9-7-13-11-12-6-8-14(11)2/h10H,3-9H2,1-2H3,(H,12,13). The van der Waals surface area contributed by atoms with Gasteiger partial charge in [0.1, 0.15) is 0 Å². The van der Waals surface area contributed by atoms with Gasteiger partial charge in [0, 0.05) is 32.7 Å². The zero-order chi connectivity index (χ0) is 10.7. The topological polar surface area (TPSA) is 30.9 Å². The highest BCUT2D eigenvalue weighted by Crippen LogP contribution is 2.25. The largest absolute Gasteiger partial charge is 0.355 e. The van der Waals surface area contributed by atoms with Gasteiger partial charge in [-0.25, -0.2) is 0 Å². The Labute approximate surface area is 92.3 Å². The summed E-state index contributed by atoms with van der Waals surface area (Å²) in [5, 5.41) is 3.41. The van der Waals surface area contributed by atoms with Gasteiger partial charge in [0.2, 0.25) is 0 Å². The summed E-state index contributed by atoms with van der Waals surface area (Å²) < 4.78 is 0. The van der Waals surface area contributed by atoms with E-state index in [0.29, 0.717) is 0 Å². The van der Waals surface area contributed by atoms with Gasteiger partial charge in [-0.15, -0.1) is 0 Å². The van der Waals surface area contributed by atoms with Crippen LogP contribution in [0.25, 0.3) is 0 Å². The first kappa shape index (κ1) is 10.7. The molecule has 0 atom stereocenters. The molecule has 0 aromatic rings. The van der Waals surface area contributed by atoms with Crippen LogP contribution in [0.4, 0.5) is 0 Å². The first-order valence-corrected chi connectivity index (χ1v) is 6.04. The summed E-state index contributed by atoms with van der Waals surface area (Å²) in [7, 11) is 2.09. The molecule has 0 radical (unpaired) electrons. The SMILES string of the molecule is CCN(CCNC1=NCCN1C)C1CC1. The average Bonchev–Trinajstić information content (AvgIpc) is 2.99. The number of hydrogen-bond donors (Lipinski definition) is 1. The van der Waals surface area contributed by atoms with Gasteiger partial charge in [-0.3, -0.25) is 9.89 Å². The molecule has 2 rings (SSSR count). The molecule has 2 aliphatic rings. The van der Waals surface area contributed by atoms with Gasteiger partial charge in [0.15, 0.2) is 5.96 Å². The maximum Gasteiger partial charge on any atom is 0.193 e. The normalized spacial score (nSPS) is 21.0. The van der Waals surface area contributed by atoms with E-state index in [0.717, 1.165) is 38.2 Å². The molecule has 0 saturated heterocycles. The highest BCUT2D eigenvalue weighted by molar-refractivity contribution is 5.81. The summed E-state index contributed by atoms with van der Waals surface area (Å²) in [5.74, 6) is 1.07. The second-order valence-electron chi connectivity index (χ2n) is 4.41. The highest BCUT2D eigenvalue weighted by Gasteiger charge is 2.27. The van der Waals surface area contributed by atoms with Crippen LogP contribution in [-0.4, -0.2) is 61.6 Å². The number of nitrogens with zero attached hydrogens (tertiary/aromatic N) is 3. The Morgan fingerprint density at radius 1 is 1.53 bits per heavy atom. The molecule has 1 aliphatic carbocycles.